The Kier molecular flexibility index (Phi) is 2.83. The first kappa shape index (κ1) is 11.0. The monoisotopic (exact) mass is 199 g/mol. The molecule has 0 aromatic carbocycles. The second-order valence-corrected chi connectivity index (χ2v) is 4.35. The van der Waals surface area contributed by atoms with Crippen LogP contribution in [-0.2, 0) is 14.3 Å². The van der Waals surface area contributed by atoms with Gasteiger partial charge in [-0.05, 0) is 18.3 Å². The molecule has 0 aromatic rings. The fraction of sp³-hybridized carbons (Fsp3) is 0.800. The van der Waals surface area contributed by atoms with Crippen LogP contribution < -0.4 is 5.11 Å². The molecule has 2 atom stereocenters. The first-order chi connectivity index (χ1) is 6.41. The van der Waals surface area contributed by atoms with Gasteiger partial charge < -0.3 is 14.6 Å². The zero-order valence-electron chi connectivity index (χ0n) is 8.70. The molecule has 0 unspecified atom stereocenters. The Bertz CT molecular complexity index is 257. The molecule has 0 amide bonds. The summed E-state index contributed by atoms with van der Waals surface area (Å²) in [7, 11) is 1.32. The van der Waals surface area contributed by atoms with Crippen molar-refractivity contribution in [3.05, 3.63) is 0 Å². The zero-order chi connectivity index (χ0) is 10.9. The number of carboxylic acid groups (broad SMARTS) is 1. The summed E-state index contributed by atoms with van der Waals surface area (Å²) in [5.74, 6) is -2.26. The maximum absolute atomic E-state index is 11.4. The van der Waals surface area contributed by atoms with E-state index in [1.54, 1.807) is 13.8 Å². The van der Waals surface area contributed by atoms with Crippen molar-refractivity contribution in [2.75, 3.05) is 7.11 Å². The zero-order valence-corrected chi connectivity index (χ0v) is 8.70. The molecule has 0 N–H and O–H groups in total. The normalized spacial score (nSPS) is 29.9. The minimum absolute atomic E-state index is 0.321. The minimum Gasteiger partial charge on any atom is -0.550 e. The molecule has 0 bridgehead atoms. The standard InChI is InChI=1S/C10H16O4/c1-10(2)6(8(11)12)4-5-7(10)9(13)14-3/h6-7H,4-5H2,1-3H3,(H,11,12)/p-1/t6-,7-/m1/s1. The lowest BCUT2D eigenvalue weighted by Gasteiger charge is -2.31. The van der Waals surface area contributed by atoms with E-state index in [1.165, 1.54) is 7.11 Å². The molecule has 1 rings (SSSR count). The molecule has 4 heteroatoms. The first-order valence-electron chi connectivity index (χ1n) is 4.70. The SMILES string of the molecule is COC(=O)[C@H]1CC[C@H](C(=O)[O-])C1(C)C. The lowest BCUT2D eigenvalue weighted by atomic mass is 9.75. The maximum Gasteiger partial charge on any atom is 0.309 e. The Labute approximate surface area is 83.2 Å². The number of carbonyl (C=O) groups is 2. The Morgan fingerprint density at radius 2 is 1.79 bits per heavy atom. The summed E-state index contributed by atoms with van der Waals surface area (Å²) >= 11 is 0. The third-order valence-corrected chi connectivity index (χ3v) is 3.31. The van der Waals surface area contributed by atoms with E-state index < -0.39 is 17.3 Å². The van der Waals surface area contributed by atoms with Crippen molar-refractivity contribution in [1.29, 1.82) is 0 Å². The van der Waals surface area contributed by atoms with Crippen LogP contribution in [0.4, 0.5) is 0 Å². The van der Waals surface area contributed by atoms with E-state index in [2.05, 4.69) is 4.74 Å². The molecular formula is C10H15O4-. The van der Waals surface area contributed by atoms with E-state index in [4.69, 9.17) is 0 Å². The molecule has 1 saturated carbocycles. The van der Waals surface area contributed by atoms with Crippen molar-refractivity contribution in [2.45, 2.75) is 26.7 Å². The molecule has 0 aliphatic heterocycles. The van der Waals surface area contributed by atoms with E-state index in [9.17, 15) is 14.7 Å². The molecule has 0 aromatic heterocycles. The molecule has 1 aliphatic rings. The Balaban J connectivity index is 2.86. The topological polar surface area (TPSA) is 66.4 Å². The summed E-state index contributed by atoms with van der Waals surface area (Å²) in [6.45, 7) is 3.56. The van der Waals surface area contributed by atoms with Crippen LogP contribution in [0.2, 0.25) is 0 Å². The van der Waals surface area contributed by atoms with Crippen LogP contribution >= 0.6 is 0 Å². The molecule has 4 nitrogen and oxygen atoms in total. The van der Waals surface area contributed by atoms with Gasteiger partial charge in [0.2, 0.25) is 0 Å². The van der Waals surface area contributed by atoms with Crippen LogP contribution in [0.25, 0.3) is 0 Å². The van der Waals surface area contributed by atoms with Crippen LogP contribution in [0, 0.1) is 17.3 Å². The van der Waals surface area contributed by atoms with Crippen LogP contribution in [0.1, 0.15) is 26.7 Å². The molecular weight excluding hydrogens is 184 g/mol. The summed E-state index contributed by atoms with van der Waals surface area (Å²) in [5.41, 5.74) is -0.564. The van der Waals surface area contributed by atoms with Gasteiger partial charge in [-0.2, -0.15) is 0 Å². The van der Waals surface area contributed by atoms with Gasteiger partial charge in [-0.15, -0.1) is 0 Å². The number of hydrogen-bond acceptors (Lipinski definition) is 4. The highest BCUT2D eigenvalue weighted by molar-refractivity contribution is 5.77. The summed E-state index contributed by atoms with van der Waals surface area (Å²) in [6, 6.07) is 0. The fourth-order valence-electron chi connectivity index (χ4n) is 2.31. The second-order valence-electron chi connectivity index (χ2n) is 4.35. The highest BCUT2D eigenvalue weighted by Gasteiger charge is 2.47. The number of carboxylic acids is 1. The summed E-state index contributed by atoms with van der Waals surface area (Å²) < 4.78 is 4.65. The van der Waals surface area contributed by atoms with Crippen molar-refractivity contribution in [2.24, 2.45) is 17.3 Å². The number of methoxy groups -OCH3 is 1. The van der Waals surface area contributed by atoms with Gasteiger partial charge in [-0.1, -0.05) is 13.8 Å². The lowest BCUT2D eigenvalue weighted by molar-refractivity contribution is -0.314. The Morgan fingerprint density at radius 1 is 1.29 bits per heavy atom. The third-order valence-electron chi connectivity index (χ3n) is 3.31. The van der Waals surface area contributed by atoms with Crippen molar-refractivity contribution in [1.82, 2.24) is 0 Å². The number of carbonyl (C=O) groups excluding carboxylic acids is 2. The van der Waals surface area contributed by atoms with Gasteiger partial charge in [0.25, 0.3) is 0 Å². The summed E-state index contributed by atoms with van der Waals surface area (Å²) in [6.07, 6.45) is 1.06. The Morgan fingerprint density at radius 3 is 2.14 bits per heavy atom. The molecule has 14 heavy (non-hydrogen) atoms. The molecule has 0 heterocycles. The Hall–Kier alpha value is -1.06. The average Bonchev–Trinajstić information content (AvgIpc) is 2.39. The number of rotatable bonds is 2. The minimum atomic E-state index is -1.07. The van der Waals surface area contributed by atoms with E-state index in [0.29, 0.717) is 12.8 Å². The molecule has 1 aliphatic carbocycles. The van der Waals surface area contributed by atoms with Crippen molar-refractivity contribution in [3.63, 3.8) is 0 Å². The highest BCUT2D eigenvalue weighted by Crippen LogP contribution is 2.47. The highest BCUT2D eigenvalue weighted by atomic mass is 16.5. The molecule has 1 fully saturated rings. The third kappa shape index (κ3) is 1.61. The van der Waals surface area contributed by atoms with Gasteiger partial charge in [0.1, 0.15) is 0 Å². The summed E-state index contributed by atoms with van der Waals surface area (Å²) in [5, 5.41) is 10.8. The van der Waals surface area contributed by atoms with Crippen LogP contribution in [0.3, 0.4) is 0 Å². The smallest absolute Gasteiger partial charge is 0.309 e. The van der Waals surface area contributed by atoms with E-state index >= 15 is 0 Å². The van der Waals surface area contributed by atoms with Gasteiger partial charge in [0.05, 0.1) is 13.0 Å². The fourth-order valence-corrected chi connectivity index (χ4v) is 2.31. The van der Waals surface area contributed by atoms with Crippen molar-refractivity contribution in [3.8, 4) is 0 Å². The lowest BCUT2D eigenvalue weighted by Crippen LogP contribution is -2.41. The molecule has 0 spiro atoms. The number of hydrogen-bond donors (Lipinski definition) is 0. The predicted octanol–water partition coefficient (Wildman–Crippen LogP) is -0.0383. The van der Waals surface area contributed by atoms with Gasteiger partial charge in [0, 0.05) is 11.9 Å². The number of aliphatic carboxylic acids is 1. The van der Waals surface area contributed by atoms with Crippen molar-refractivity contribution >= 4 is 11.9 Å². The number of esters is 1. The van der Waals surface area contributed by atoms with Gasteiger partial charge in [-0.25, -0.2) is 0 Å². The van der Waals surface area contributed by atoms with Gasteiger partial charge in [0.15, 0.2) is 0 Å². The van der Waals surface area contributed by atoms with E-state index in [1.807, 2.05) is 0 Å². The van der Waals surface area contributed by atoms with Gasteiger partial charge >= 0.3 is 5.97 Å². The van der Waals surface area contributed by atoms with Crippen LogP contribution in [0.5, 0.6) is 0 Å². The molecule has 0 saturated heterocycles. The molecule has 0 radical (unpaired) electrons. The maximum atomic E-state index is 11.4. The van der Waals surface area contributed by atoms with Crippen LogP contribution in [-0.4, -0.2) is 19.0 Å². The average molecular weight is 199 g/mol. The summed E-state index contributed by atoms with van der Waals surface area (Å²) in [4.78, 5) is 22.2. The quantitative estimate of drug-likeness (QED) is 0.585. The largest absolute Gasteiger partial charge is 0.550 e. The van der Waals surface area contributed by atoms with Crippen LogP contribution in [0.15, 0.2) is 0 Å². The van der Waals surface area contributed by atoms with E-state index in [0.717, 1.165) is 0 Å². The first-order valence-corrected chi connectivity index (χ1v) is 4.70. The predicted molar refractivity (Wildman–Crippen MR) is 47.0 cm³/mol. The van der Waals surface area contributed by atoms with E-state index in [-0.39, 0.29) is 11.9 Å². The second kappa shape index (κ2) is 3.59. The van der Waals surface area contributed by atoms with Gasteiger partial charge in [-0.3, -0.25) is 4.79 Å². The van der Waals surface area contributed by atoms with Crippen molar-refractivity contribution < 1.29 is 19.4 Å². The number of ether oxygens (including phenoxy) is 1. The molecule has 80 valence electrons.